The Morgan fingerprint density at radius 1 is 0.783 bits per heavy atom. The SMILES string of the molecule is CCC(=O)NCCNCCN(CCNCCN)CCNCCN. The molecule has 0 bridgehead atoms. The number of amides is 1. The molecule has 0 saturated heterocycles. The molecule has 0 unspecified atom stereocenters. The Balaban J connectivity index is 3.74. The summed E-state index contributed by atoms with van der Waals surface area (Å²) in [5, 5.41) is 12.9. The normalized spacial score (nSPS) is 11.1. The molecule has 0 heterocycles. The zero-order valence-corrected chi connectivity index (χ0v) is 14.7. The first-order valence-corrected chi connectivity index (χ1v) is 8.75. The van der Waals surface area contributed by atoms with Crippen molar-refractivity contribution in [3.63, 3.8) is 0 Å². The van der Waals surface area contributed by atoms with Crippen LogP contribution >= 0.6 is 0 Å². The fourth-order valence-corrected chi connectivity index (χ4v) is 2.04. The topological polar surface area (TPSA) is 120 Å². The second kappa shape index (κ2) is 17.6. The molecule has 0 spiro atoms. The van der Waals surface area contributed by atoms with Crippen molar-refractivity contribution in [2.24, 2.45) is 11.5 Å². The first-order chi connectivity index (χ1) is 11.2. The number of hydrogen-bond acceptors (Lipinski definition) is 7. The van der Waals surface area contributed by atoms with Gasteiger partial charge in [-0.3, -0.25) is 9.69 Å². The largest absolute Gasteiger partial charge is 0.355 e. The van der Waals surface area contributed by atoms with Crippen molar-refractivity contribution in [3.8, 4) is 0 Å². The van der Waals surface area contributed by atoms with E-state index in [1.807, 2.05) is 6.92 Å². The highest BCUT2D eigenvalue weighted by Gasteiger charge is 2.04. The minimum Gasteiger partial charge on any atom is -0.355 e. The van der Waals surface area contributed by atoms with Crippen LogP contribution in [0.5, 0.6) is 0 Å². The summed E-state index contributed by atoms with van der Waals surface area (Å²) in [6.07, 6.45) is 0.541. The number of hydrogen-bond donors (Lipinski definition) is 6. The second-order valence-electron chi connectivity index (χ2n) is 5.37. The molecule has 0 atom stereocenters. The number of carbonyl (C=O) groups excluding carboxylic acids is 1. The highest BCUT2D eigenvalue weighted by molar-refractivity contribution is 5.75. The monoisotopic (exact) mass is 331 g/mol. The van der Waals surface area contributed by atoms with Crippen molar-refractivity contribution in [1.82, 2.24) is 26.2 Å². The standard InChI is InChI=1S/C15H37N7O/c1-2-15(23)21-8-7-20-11-14-22(12-9-18-5-3-16)13-10-19-6-4-17/h18-20H,2-14,16-17H2,1H3,(H,21,23). The summed E-state index contributed by atoms with van der Waals surface area (Å²) in [5.74, 6) is 0.102. The molecule has 23 heavy (non-hydrogen) atoms. The second-order valence-corrected chi connectivity index (χ2v) is 5.37. The van der Waals surface area contributed by atoms with Crippen molar-refractivity contribution in [2.75, 3.05) is 78.5 Å². The highest BCUT2D eigenvalue weighted by atomic mass is 16.1. The quantitative estimate of drug-likeness (QED) is 0.163. The number of carbonyl (C=O) groups is 1. The zero-order chi connectivity index (χ0) is 17.2. The maximum absolute atomic E-state index is 11.1. The predicted octanol–water partition coefficient (Wildman–Crippen LogP) is -2.50. The van der Waals surface area contributed by atoms with Crippen LogP contribution in [0.1, 0.15) is 13.3 Å². The van der Waals surface area contributed by atoms with Crippen molar-refractivity contribution in [1.29, 1.82) is 0 Å². The molecule has 0 aliphatic carbocycles. The third-order valence-electron chi connectivity index (χ3n) is 3.40. The molecule has 0 aliphatic heterocycles. The molecule has 8 nitrogen and oxygen atoms in total. The molecule has 0 aromatic carbocycles. The van der Waals surface area contributed by atoms with Gasteiger partial charge in [-0.05, 0) is 0 Å². The van der Waals surface area contributed by atoms with Gasteiger partial charge in [-0.25, -0.2) is 0 Å². The van der Waals surface area contributed by atoms with E-state index in [-0.39, 0.29) is 5.91 Å². The molecule has 0 aliphatic rings. The van der Waals surface area contributed by atoms with Gasteiger partial charge in [-0.15, -0.1) is 0 Å². The van der Waals surface area contributed by atoms with E-state index < -0.39 is 0 Å². The molecule has 0 fully saturated rings. The molecular weight excluding hydrogens is 294 g/mol. The smallest absolute Gasteiger partial charge is 0.219 e. The molecule has 0 radical (unpaired) electrons. The molecule has 0 saturated carbocycles. The minimum absolute atomic E-state index is 0.102. The summed E-state index contributed by atoms with van der Waals surface area (Å²) in [6, 6.07) is 0. The number of nitrogens with two attached hydrogens (primary N) is 2. The number of nitrogens with zero attached hydrogens (tertiary/aromatic N) is 1. The lowest BCUT2D eigenvalue weighted by Crippen LogP contribution is -2.42. The Hall–Kier alpha value is -0.770. The van der Waals surface area contributed by atoms with Gasteiger partial charge < -0.3 is 32.7 Å². The van der Waals surface area contributed by atoms with E-state index >= 15 is 0 Å². The zero-order valence-electron chi connectivity index (χ0n) is 14.7. The molecular formula is C15H37N7O. The van der Waals surface area contributed by atoms with Gasteiger partial charge >= 0.3 is 0 Å². The summed E-state index contributed by atoms with van der Waals surface area (Å²) in [6.45, 7) is 12.2. The van der Waals surface area contributed by atoms with Crippen LogP contribution in [-0.2, 0) is 4.79 Å². The van der Waals surface area contributed by atoms with E-state index in [0.29, 0.717) is 26.1 Å². The fourth-order valence-electron chi connectivity index (χ4n) is 2.04. The van der Waals surface area contributed by atoms with E-state index in [2.05, 4.69) is 26.2 Å². The van der Waals surface area contributed by atoms with Crippen LogP contribution < -0.4 is 32.7 Å². The van der Waals surface area contributed by atoms with E-state index in [1.54, 1.807) is 0 Å². The maximum atomic E-state index is 11.1. The lowest BCUT2D eigenvalue weighted by molar-refractivity contribution is -0.120. The van der Waals surface area contributed by atoms with Gasteiger partial charge in [-0.2, -0.15) is 0 Å². The number of rotatable bonds is 17. The molecule has 0 rings (SSSR count). The van der Waals surface area contributed by atoms with Crippen molar-refractivity contribution < 1.29 is 4.79 Å². The predicted molar refractivity (Wildman–Crippen MR) is 96.5 cm³/mol. The van der Waals surface area contributed by atoms with E-state index in [0.717, 1.165) is 58.9 Å². The van der Waals surface area contributed by atoms with E-state index in [4.69, 9.17) is 11.5 Å². The average molecular weight is 332 g/mol. The molecule has 8 heteroatoms. The highest BCUT2D eigenvalue weighted by Crippen LogP contribution is 1.86. The molecule has 0 aromatic heterocycles. The Morgan fingerprint density at radius 3 is 1.70 bits per heavy atom. The number of nitrogens with one attached hydrogen (secondary N) is 4. The molecule has 8 N–H and O–H groups in total. The van der Waals surface area contributed by atoms with Crippen LogP contribution in [0, 0.1) is 0 Å². The Kier molecular flexibility index (Phi) is 17.0. The van der Waals surface area contributed by atoms with Crippen LogP contribution in [0.2, 0.25) is 0 Å². The van der Waals surface area contributed by atoms with Crippen molar-refractivity contribution >= 4 is 5.91 Å². The minimum atomic E-state index is 0.102. The first kappa shape index (κ1) is 22.2. The van der Waals surface area contributed by atoms with Gasteiger partial charge in [0.15, 0.2) is 0 Å². The van der Waals surface area contributed by atoms with Crippen LogP contribution in [0.3, 0.4) is 0 Å². The van der Waals surface area contributed by atoms with Gasteiger partial charge in [-0.1, -0.05) is 6.92 Å². The molecule has 1 amide bonds. The summed E-state index contributed by atoms with van der Waals surface area (Å²) in [5.41, 5.74) is 11.0. The summed E-state index contributed by atoms with van der Waals surface area (Å²) >= 11 is 0. The van der Waals surface area contributed by atoms with E-state index in [9.17, 15) is 4.79 Å². The Morgan fingerprint density at radius 2 is 1.26 bits per heavy atom. The molecule has 0 aromatic rings. The lowest BCUT2D eigenvalue weighted by atomic mass is 10.4. The van der Waals surface area contributed by atoms with Gasteiger partial charge in [0.1, 0.15) is 0 Å². The van der Waals surface area contributed by atoms with E-state index in [1.165, 1.54) is 0 Å². The maximum Gasteiger partial charge on any atom is 0.219 e. The van der Waals surface area contributed by atoms with Gasteiger partial charge in [0.2, 0.25) is 5.91 Å². The Bertz CT molecular complexity index is 254. The van der Waals surface area contributed by atoms with Crippen molar-refractivity contribution in [2.45, 2.75) is 13.3 Å². The Labute approximate surface area is 141 Å². The van der Waals surface area contributed by atoms with Crippen molar-refractivity contribution in [3.05, 3.63) is 0 Å². The third-order valence-corrected chi connectivity index (χ3v) is 3.40. The van der Waals surface area contributed by atoms with Gasteiger partial charge in [0.25, 0.3) is 0 Å². The van der Waals surface area contributed by atoms with Crippen LogP contribution in [-0.4, -0.2) is 89.3 Å². The first-order valence-electron chi connectivity index (χ1n) is 8.75. The van der Waals surface area contributed by atoms with Gasteiger partial charge in [0.05, 0.1) is 0 Å². The van der Waals surface area contributed by atoms with Gasteiger partial charge in [0, 0.05) is 85.0 Å². The van der Waals surface area contributed by atoms with Crippen LogP contribution in [0.15, 0.2) is 0 Å². The summed E-state index contributed by atoms with van der Waals surface area (Å²) < 4.78 is 0. The van der Waals surface area contributed by atoms with Crippen LogP contribution in [0.4, 0.5) is 0 Å². The average Bonchev–Trinajstić information content (AvgIpc) is 2.57. The summed E-state index contributed by atoms with van der Waals surface area (Å²) in [7, 11) is 0. The van der Waals surface area contributed by atoms with Crippen LogP contribution in [0.25, 0.3) is 0 Å². The molecule has 138 valence electrons. The fraction of sp³-hybridized carbons (Fsp3) is 0.933. The summed E-state index contributed by atoms with van der Waals surface area (Å²) in [4.78, 5) is 13.5. The third kappa shape index (κ3) is 15.9. The lowest BCUT2D eigenvalue weighted by Gasteiger charge is -2.23.